The summed E-state index contributed by atoms with van der Waals surface area (Å²) < 4.78 is 5.22. The fourth-order valence-corrected chi connectivity index (χ4v) is 1.97. The number of hydrogen-bond acceptors (Lipinski definition) is 5. The number of nitrogen functional groups attached to an aromatic ring is 1. The van der Waals surface area contributed by atoms with Crippen LogP contribution in [0.4, 0.5) is 5.69 Å². The van der Waals surface area contributed by atoms with Crippen LogP contribution in [0.3, 0.4) is 0 Å². The number of nitrogens with two attached hydrogens (primary N) is 1. The van der Waals surface area contributed by atoms with Crippen molar-refractivity contribution in [3.8, 4) is 22.8 Å². The lowest BCUT2D eigenvalue weighted by molar-refractivity contribution is 0.432. The van der Waals surface area contributed by atoms with Crippen LogP contribution in [0.5, 0.6) is 0 Å². The number of benzene rings is 1. The van der Waals surface area contributed by atoms with Gasteiger partial charge in [-0.1, -0.05) is 22.8 Å². The molecule has 94 valence electrons. The van der Waals surface area contributed by atoms with Crippen molar-refractivity contribution in [3.05, 3.63) is 47.7 Å². The zero-order valence-corrected chi connectivity index (χ0v) is 10.5. The monoisotopic (exact) mass is 272 g/mol. The Balaban J connectivity index is 2.07. The van der Waals surface area contributed by atoms with Gasteiger partial charge in [-0.25, -0.2) is 0 Å². The average molecular weight is 273 g/mol. The number of rotatable bonds is 2. The van der Waals surface area contributed by atoms with E-state index < -0.39 is 0 Å². The molecule has 1 aromatic carbocycles. The number of nitrogens with zero attached hydrogens (tertiary/aromatic N) is 3. The SMILES string of the molecule is Nc1cccc(Cl)c1-c1nc(-c2ccncc2)no1. The first-order valence-electron chi connectivity index (χ1n) is 5.54. The Hall–Kier alpha value is -2.40. The summed E-state index contributed by atoms with van der Waals surface area (Å²) >= 11 is 6.10. The van der Waals surface area contributed by atoms with Crippen molar-refractivity contribution in [1.82, 2.24) is 15.1 Å². The van der Waals surface area contributed by atoms with Gasteiger partial charge < -0.3 is 10.3 Å². The largest absolute Gasteiger partial charge is 0.398 e. The predicted molar refractivity (Wildman–Crippen MR) is 72.4 cm³/mol. The van der Waals surface area contributed by atoms with Crippen LogP contribution in [0.1, 0.15) is 0 Å². The van der Waals surface area contributed by atoms with Gasteiger partial charge in [0.15, 0.2) is 0 Å². The van der Waals surface area contributed by atoms with Gasteiger partial charge in [0, 0.05) is 23.6 Å². The molecular weight excluding hydrogens is 264 g/mol. The lowest BCUT2D eigenvalue weighted by atomic mass is 10.2. The summed E-state index contributed by atoms with van der Waals surface area (Å²) in [5.74, 6) is 0.770. The van der Waals surface area contributed by atoms with Crippen molar-refractivity contribution in [2.75, 3.05) is 5.73 Å². The van der Waals surface area contributed by atoms with Gasteiger partial charge in [0.25, 0.3) is 5.89 Å². The Morgan fingerprint density at radius 1 is 1.11 bits per heavy atom. The molecule has 0 amide bonds. The molecule has 0 aliphatic heterocycles. The first-order chi connectivity index (χ1) is 9.25. The highest BCUT2D eigenvalue weighted by Crippen LogP contribution is 2.32. The molecule has 0 radical (unpaired) electrons. The summed E-state index contributed by atoms with van der Waals surface area (Å²) in [6, 6.07) is 8.82. The molecule has 0 bridgehead atoms. The first kappa shape index (κ1) is 11.7. The minimum atomic E-state index is 0.301. The van der Waals surface area contributed by atoms with E-state index in [0.29, 0.717) is 28.0 Å². The van der Waals surface area contributed by atoms with Gasteiger partial charge in [-0.2, -0.15) is 4.98 Å². The number of anilines is 1. The highest BCUT2D eigenvalue weighted by atomic mass is 35.5. The number of pyridine rings is 1. The quantitative estimate of drug-likeness (QED) is 0.726. The third-order valence-corrected chi connectivity index (χ3v) is 2.94. The second-order valence-corrected chi connectivity index (χ2v) is 4.27. The summed E-state index contributed by atoms with van der Waals surface area (Å²) in [5, 5.41) is 4.39. The van der Waals surface area contributed by atoms with Crippen LogP contribution in [0.15, 0.2) is 47.2 Å². The van der Waals surface area contributed by atoms with E-state index in [9.17, 15) is 0 Å². The highest BCUT2D eigenvalue weighted by molar-refractivity contribution is 6.33. The molecule has 3 aromatic rings. The van der Waals surface area contributed by atoms with Gasteiger partial charge in [-0.3, -0.25) is 4.98 Å². The normalized spacial score (nSPS) is 10.6. The van der Waals surface area contributed by atoms with E-state index in [4.69, 9.17) is 21.9 Å². The lowest BCUT2D eigenvalue weighted by Crippen LogP contribution is -1.90. The topological polar surface area (TPSA) is 77.8 Å². The fraction of sp³-hybridized carbons (Fsp3) is 0. The van der Waals surface area contributed by atoms with Gasteiger partial charge in [0.05, 0.1) is 10.6 Å². The zero-order chi connectivity index (χ0) is 13.2. The Kier molecular flexibility index (Phi) is 2.89. The smallest absolute Gasteiger partial charge is 0.261 e. The Morgan fingerprint density at radius 3 is 2.63 bits per heavy atom. The summed E-state index contributed by atoms with van der Waals surface area (Å²) in [5.41, 5.74) is 7.74. The maximum Gasteiger partial charge on any atom is 0.261 e. The van der Waals surface area contributed by atoms with E-state index >= 15 is 0 Å². The van der Waals surface area contributed by atoms with E-state index in [1.807, 2.05) is 0 Å². The lowest BCUT2D eigenvalue weighted by Gasteiger charge is -2.01. The number of halogens is 1. The van der Waals surface area contributed by atoms with Crippen LogP contribution >= 0.6 is 11.6 Å². The van der Waals surface area contributed by atoms with Gasteiger partial charge in [0.2, 0.25) is 5.82 Å². The number of hydrogen-bond donors (Lipinski definition) is 1. The Bertz CT molecular complexity index is 691. The molecule has 0 aliphatic carbocycles. The summed E-state index contributed by atoms with van der Waals surface area (Å²) in [6.45, 7) is 0. The van der Waals surface area contributed by atoms with E-state index in [1.165, 1.54) is 0 Å². The van der Waals surface area contributed by atoms with Crippen molar-refractivity contribution in [1.29, 1.82) is 0 Å². The molecule has 0 atom stereocenters. The fourth-order valence-electron chi connectivity index (χ4n) is 1.71. The summed E-state index contributed by atoms with van der Waals surface area (Å²) in [6.07, 6.45) is 3.32. The minimum absolute atomic E-state index is 0.301. The van der Waals surface area contributed by atoms with E-state index in [0.717, 1.165) is 5.56 Å². The summed E-state index contributed by atoms with van der Waals surface area (Å²) in [4.78, 5) is 8.24. The first-order valence-corrected chi connectivity index (χ1v) is 5.92. The van der Waals surface area contributed by atoms with Crippen LogP contribution in [0, 0.1) is 0 Å². The van der Waals surface area contributed by atoms with Gasteiger partial charge >= 0.3 is 0 Å². The van der Waals surface area contributed by atoms with Gasteiger partial charge in [-0.15, -0.1) is 0 Å². The Labute approximate surface area is 114 Å². The summed E-state index contributed by atoms with van der Waals surface area (Å²) in [7, 11) is 0. The van der Waals surface area contributed by atoms with Crippen molar-refractivity contribution in [3.63, 3.8) is 0 Å². The molecule has 2 N–H and O–H groups in total. The second-order valence-electron chi connectivity index (χ2n) is 3.86. The van der Waals surface area contributed by atoms with Crippen molar-refractivity contribution >= 4 is 17.3 Å². The molecule has 0 aliphatic rings. The third kappa shape index (κ3) is 2.15. The molecule has 5 nitrogen and oxygen atoms in total. The molecule has 6 heteroatoms. The van der Waals surface area contributed by atoms with Crippen LogP contribution in [0.25, 0.3) is 22.8 Å². The standard InChI is InChI=1S/C13H9ClN4O/c14-9-2-1-3-10(15)11(9)13-17-12(18-19-13)8-4-6-16-7-5-8/h1-7H,15H2. The maximum atomic E-state index is 6.10. The average Bonchev–Trinajstić information content (AvgIpc) is 2.89. The van der Waals surface area contributed by atoms with Crippen LogP contribution in [-0.2, 0) is 0 Å². The molecule has 0 saturated heterocycles. The molecule has 0 fully saturated rings. The van der Waals surface area contributed by atoms with Crippen molar-refractivity contribution < 1.29 is 4.52 Å². The predicted octanol–water partition coefficient (Wildman–Crippen LogP) is 3.03. The van der Waals surface area contributed by atoms with Crippen molar-refractivity contribution in [2.24, 2.45) is 0 Å². The molecule has 3 rings (SSSR count). The maximum absolute atomic E-state index is 6.10. The van der Waals surface area contributed by atoms with E-state index in [1.54, 1.807) is 42.7 Å². The van der Waals surface area contributed by atoms with Crippen LogP contribution in [-0.4, -0.2) is 15.1 Å². The molecule has 2 heterocycles. The number of aromatic nitrogens is 3. The molecule has 2 aromatic heterocycles. The van der Waals surface area contributed by atoms with Gasteiger partial charge in [0.1, 0.15) is 0 Å². The Morgan fingerprint density at radius 2 is 1.89 bits per heavy atom. The van der Waals surface area contributed by atoms with E-state index in [2.05, 4.69) is 15.1 Å². The molecule has 0 spiro atoms. The molecule has 0 unspecified atom stereocenters. The van der Waals surface area contributed by atoms with Gasteiger partial charge in [-0.05, 0) is 24.3 Å². The van der Waals surface area contributed by atoms with Crippen LogP contribution < -0.4 is 5.73 Å². The highest BCUT2D eigenvalue weighted by Gasteiger charge is 2.15. The molecule has 19 heavy (non-hydrogen) atoms. The minimum Gasteiger partial charge on any atom is -0.398 e. The molecule has 0 saturated carbocycles. The third-order valence-electron chi connectivity index (χ3n) is 2.62. The van der Waals surface area contributed by atoms with E-state index in [-0.39, 0.29) is 0 Å². The van der Waals surface area contributed by atoms with Crippen molar-refractivity contribution in [2.45, 2.75) is 0 Å². The molecular formula is C13H9ClN4O. The van der Waals surface area contributed by atoms with Crippen LogP contribution in [0.2, 0.25) is 5.02 Å². The zero-order valence-electron chi connectivity index (χ0n) is 9.75. The second kappa shape index (κ2) is 4.70.